The van der Waals surface area contributed by atoms with Crippen molar-refractivity contribution >= 4 is 46.0 Å². The molecule has 1 heterocycles. The predicted octanol–water partition coefficient (Wildman–Crippen LogP) is 5.27. The minimum Gasteiger partial charge on any atom is -0.490 e. The van der Waals surface area contributed by atoms with Gasteiger partial charge in [0.1, 0.15) is 5.75 Å². The second kappa shape index (κ2) is 7.85. The molecule has 2 aromatic rings. The summed E-state index contributed by atoms with van der Waals surface area (Å²) in [5, 5.41) is 0. The number of benzene rings is 2. The predicted molar refractivity (Wildman–Crippen MR) is 109 cm³/mol. The third-order valence-electron chi connectivity index (χ3n) is 3.92. The highest BCUT2D eigenvalue weighted by Gasteiger charge is 2.33. The van der Waals surface area contributed by atoms with Gasteiger partial charge in [-0.1, -0.05) is 67.3 Å². The van der Waals surface area contributed by atoms with Gasteiger partial charge in [0.2, 0.25) is 0 Å². The van der Waals surface area contributed by atoms with Crippen LogP contribution < -0.4 is 9.64 Å². The first-order chi connectivity index (χ1) is 12.1. The van der Waals surface area contributed by atoms with E-state index in [1.165, 1.54) is 11.8 Å². The van der Waals surface area contributed by atoms with Gasteiger partial charge in [0.05, 0.1) is 16.7 Å². The van der Waals surface area contributed by atoms with Gasteiger partial charge < -0.3 is 4.74 Å². The van der Waals surface area contributed by atoms with E-state index in [-0.39, 0.29) is 12.0 Å². The maximum atomic E-state index is 12.8. The molecule has 0 N–H and O–H groups in total. The summed E-state index contributed by atoms with van der Waals surface area (Å²) in [6.45, 7) is 4.12. The molecular formula is C20H19NO2S2. The lowest BCUT2D eigenvalue weighted by molar-refractivity contribution is -0.113. The Hall–Kier alpha value is -2.11. The first-order valence-electron chi connectivity index (χ1n) is 8.19. The van der Waals surface area contributed by atoms with Gasteiger partial charge in [0.15, 0.2) is 4.32 Å². The van der Waals surface area contributed by atoms with Crippen LogP contribution in [0.2, 0.25) is 0 Å². The Labute approximate surface area is 157 Å². The number of para-hydroxylation sites is 2. The number of hydrogen-bond donors (Lipinski definition) is 0. The lowest BCUT2D eigenvalue weighted by Gasteiger charge is -2.15. The van der Waals surface area contributed by atoms with E-state index in [1.54, 1.807) is 4.90 Å². The number of carbonyl (C=O) groups excluding carboxylic acids is 1. The van der Waals surface area contributed by atoms with E-state index < -0.39 is 0 Å². The number of thioether (sulfide) groups is 1. The zero-order valence-electron chi connectivity index (χ0n) is 14.1. The van der Waals surface area contributed by atoms with Crippen molar-refractivity contribution in [2.45, 2.75) is 26.4 Å². The Morgan fingerprint density at radius 1 is 1.16 bits per heavy atom. The molecule has 3 rings (SSSR count). The largest absolute Gasteiger partial charge is 0.490 e. The third-order valence-corrected chi connectivity index (χ3v) is 5.22. The molecule has 1 aliphatic rings. The van der Waals surface area contributed by atoms with Gasteiger partial charge in [-0.25, -0.2) is 0 Å². The standard InChI is InChI=1S/C20H19NO2S2/c1-3-14(2)23-17-12-8-7-9-15(17)13-18-19(22)21(20(24)25-18)16-10-5-4-6-11-16/h4-14H,3H2,1-2H3/b18-13+/t14-/m1/s1. The van der Waals surface area contributed by atoms with Gasteiger partial charge in [-0.3, -0.25) is 9.69 Å². The van der Waals surface area contributed by atoms with Gasteiger partial charge in [0, 0.05) is 5.56 Å². The minimum atomic E-state index is -0.0976. The maximum absolute atomic E-state index is 12.8. The van der Waals surface area contributed by atoms with E-state index in [0.29, 0.717) is 9.23 Å². The number of anilines is 1. The van der Waals surface area contributed by atoms with Crippen molar-refractivity contribution in [3.05, 3.63) is 65.1 Å². The summed E-state index contributed by atoms with van der Waals surface area (Å²) in [5.74, 6) is 0.682. The second-order valence-electron chi connectivity index (χ2n) is 5.73. The molecule has 0 aromatic heterocycles. The maximum Gasteiger partial charge on any atom is 0.270 e. The SMILES string of the molecule is CC[C@@H](C)Oc1ccccc1/C=C1/SC(=S)N(c2ccccc2)C1=O. The molecule has 25 heavy (non-hydrogen) atoms. The average Bonchev–Trinajstić information content (AvgIpc) is 2.90. The number of carbonyl (C=O) groups is 1. The van der Waals surface area contributed by atoms with Crippen molar-refractivity contribution in [2.75, 3.05) is 4.90 Å². The van der Waals surface area contributed by atoms with Gasteiger partial charge in [-0.2, -0.15) is 0 Å². The second-order valence-corrected chi connectivity index (χ2v) is 7.40. The summed E-state index contributed by atoms with van der Waals surface area (Å²) in [5.41, 5.74) is 1.67. The van der Waals surface area contributed by atoms with Gasteiger partial charge >= 0.3 is 0 Å². The Kier molecular flexibility index (Phi) is 5.56. The number of hydrogen-bond acceptors (Lipinski definition) is 4. The molecule has 128 valence electrons. The van der Waals surface area contributed by atoms with Crippen LogP contribution in [0.1, 0.15) is 25.8 Å². The number of thiocarbonyl (C=S) groups is 1. The molecule has 2 aromatic carbocycles. The van der Waals surface area contributed by atoms with Crippen molar-refractivity contribution in [3.8, 4) is 5.75 Å². The summed E-state index contributed by atoms with van der Waals surface area (Å²) < 4.78 is 6.51. The molecule has 1 fully saturated rings. The topological polar surface area (TPSA) is 29.5 Å². The summed E-state index contributed by atoms with van der Waals surface area (Å²) in [4.78, 5) is 15.0. The van der Waals surface area contributed by atoms with Crippen molar-refractivity contribution in [3.63, 3.8) is 0 Å². The van der Waals surface area contributed by atoms with Crippen molar-refractivity contribution in [1.82, 2.24) is 0 Å². The molecule has 5 heteroatoms. The van der Waals surface area contributed by atoms with Crippen LogP contribution in [0.25, 0.3) is 6.08 Å². The van der Waals surface area contributed by atoms with Crippen LogP contribution >= 0.6 is 24.0 Å². The van der Waals surface area contributed by atoms with Crippen LogP contribution in [0.4, 0.5) is 5.69 Å². The Morgan fingerprint density at radius 3 is 2.56 bits per heavy atom. The lowest BCUT2D eigenvalue weighted by atomic mass is 10.1. The van der Waals surface area contributed by atoms with Crippen LogP contribution in [0.5, 0.6) is 5.75 Å². The molecule has 0 bridgehead atoms. The quantitative estimate of drug-likeness (QED) is 0.530. The van der Waals surface area contributed by atoms with Gasteiger partial charge in [0.25, 0.3) is 5.91 Å². The molecular weight excluding hydrogens is 350 g/mol. The van der Waals surface area contributed by atoms with Crippen LogP contribution in [0, 0.1) is 0 Å². The first kappa shape index (κ1) is 17.7. The van der Waals surface area contributed by atoms with Crippen molar-refractivity contribution < 1.29 is 9.53 Å². The van der Waals surface area contributed by atoms with E-state index in [1.807, 2.05) is 67.6 Å². The van der Waals surface area contributed by atoms with E-state index in [2.05, 4.69) is 6.92 Å². The molecule has 0 radical (unpaired) electrons. The van der Waals surface area contributed by atoms with Crippen LogP contribution in [-0.4, -0.2) is 16.3 Å². The summed E-state index contributed by atoms with van der Waals surface area (Å²) in [6, 6.07) is 17.2. The zero-order valence-corrected chi connectivity index (χ0v) is 15.8. The molecule has 1 aliphatic heterocycles. The monoisotopic (exact) mass is 369 g/mol. The first-order valence-corrected chi connectivity index (χ1v) is 9.41. The minimum absolute atomic E-state index is 0.0976. The third kappa shape index (κ3) is 3.94. The van der Waals surface area contributed by atoms with E-state index in [9.17, 15) is 4.79 Å². The highest BCUT2D eigenvalue weighted by molar-refractivity contribution is 8.27. The number of ether oxygens (including phenoxy) is 1. The smallest absolute Gasteiger partial charge is 0.270 e. The molecule has 1 atom stereocenters. The molecule has 1 saturated heterocycles. The van der Waals surface area contributed by atoms with Crippen LogP contribution in [-0.2, 0) is 4.79 Å². The highest BCUT2D eigenvalue weighted by atomic mass is 32.2. The normalized spacial score (nSPS) is 17.2. The Morgan fingerprint density at radius 2 is 1.84 bits per heavy atom. The number of rotatable bonds is 5. The van der Waals surface area contributed by atoms with Gasteiger partial charge in [-0.05, 0) is 37.6 Å². The number of amides is 1. The summed E-state index contributed by atoms with van der Waals surface area (Å²) in [7, 11) is 0. The molecule has 0 aliphatic carbocycles. The Balaban J connectivity index is 1.91. The molecule has 0 spiro atoms. The van der Waals surface area contributed by atoms with E-state index >= 15 is 0 Å². The van der Waals surface area contributed by atoms with Crippen LogP contribution in [0.3, 0.4) is 0 Å². The molecule has 3 nitrogen and oxygen atoms in total. The average molecular weight is 370 g/mol. The summed E-state index contributed by atoms with van der Waals surface area (Å²) in [6.07, 6.45) is 2.90. The van der Waals surface area contributed by atoms with Gasteiger partial charge in [-0.15, -0.1) is 0 Å². The lowest BCUT2D eigenvalue weighted by Crippen LogP contribution is -2.27. The Bertz CT molecular complexity index is 817. The summed E-state index contributed by atoms with van der Waals surface area (Å²) >= 11 is 6.73. The molecule has 1 amide bonds. The van der Waals surface area contributed by atoms with E-state index in [4.69, 9.17) is 17.0 Å². The van der Waals surface area contributed by atoms with Crippen molar-refractivity contribution in [2.24, 2.45) is 0 Å². The van der Waals surface area contributed by atoms with E-state index in [0.717, 1.165) is 23.4 Å². The fraction of sp³-hybridized carbons (Fsp3) is 0.200. The highest BCUT2D eigenvalue weighted by Crippen LogP contribution is 2.37. The fourth-order valence-electron chi connectivity index (χ4n) is 2.42. The fourth-order valence-corrected chi connectivity index (χ4v) is 3.71. The molecule has 0 unspecified atom stereocenters. The van der Waals surface area contributed by atoms with Crippen molar-refractivity contribution in [1.29, 1.82) is 0 Å². The molecule has 0 saturated carbocycles. The van der Waals surface area contributed by atoms with Crippen LogP contribution in [0.15, 0.2) is 59.5 Å². The number of nitrogens with zero attached hydrogens (tertiary/aromatic N) is 1. The zero-order chi connectivity index (χ0) is 17.8.